The van der Waals surface area contributed by atoms with E-state index < -0.39 is 0 Å². The summed E-state index contributed by atoms with van der Waals surface area (Å²) in [4.78, 5) is 4.04. The molecule has 0 unspecified atom stereocenters. The summed E-state index contributed by atoms with van der Waals surface area (Å²) >= 11 is 0. The molecule has 1 aromatic heterocycles. The summed E-state index contributed by atoms with van der Waals surface area (Å²) in [7, 11) is 0. The van der Waals surface area contributed by atoms with Gasteiger partial charge in [-0.1, -0.05) is 6.07 Å². The van der Waals surface area contributed by atoms with Gasteiger partial charge in [0.15, 0.2) is 0 Å². The van der Waals surface area contributed by atoms with Crippen molar-refractivity contribution in [3.63, 3.8) is 0 Å². The van der Waals surface area contributed by atoms with Gasteiger partial charge >= 0.3 is 0 Å². The van der Waals surface area contributed by atoms with Crippen LogP contribution in [0.3, 0.4) is 0 Å². The van der Waals surface area contributed by atoms with E-state index in [2.05, 4.69) is 10.9 Å². The second kappa shape index (κ2) is 3.77. The number of rotatable bonds is 2. The second-order valence-corrected chi connectivity index (χ2v) is 2.76. The highest BCUT2D eigenvalue weighted by atomic mass is 14.8. The van der Waals surface area contributed by atoms with Gasteiger partial charge in [0.1, 0.15) is 5.82 Å². The molecule has 1 rings (SSSR count). The first-order chi connectivity index (χ1) is 5.74. The van der Waals surface area contributed by atoms with Crippen LogP contribution in [0.5, 0.6) is 0 Å². The van der Waals surface area contributed by atoms with Crippen LogP contribution in [0.2, 0.25) is 0 Å². The van der Waals surface area contributed by atoms with Gasteiger partial charge < -0.3 is 5.73 Å². The molecule has 0 radical (unpaired) electrons. The van der Waals surface area contributed by atoms with Gasteiger partial charge in [0.05, 0.1) is 0 Å². The fourth-order valence-electron chi connectivity index (χ4n) is 1.05. The van der Waals surface area contributed by atoms with E-state index in [-0.39, 0.29) is 0 Å². The number of nitrogen functional groups attached to an aromatic ring is 1. The van der Waals surface area contributed by atoms with Gasteiger partial charge in [0, 0.05) is 12.6 Å². The summed E-state index contributed by atoms with van der Waals surface area (Å²) in [6.45, 7) is 1.99. The van der Waals surface area contributed by atoms with Gasteiger partial charge in [0.2, 0.25) is 0 Å². The number of nitrogens with two attached hydrogens (primary N) is 1. The predicted octanol–water partition coefficient (Wildman–Crippen LogP) is 1.54. The minimum Gasteiger partial charge on any atom is -0.383 e. The lowest BCUT2D eigenvalue weighted by molar-refractivity contribution is 1.01. The molecule has 0 amide bonds. The van der Waals surface area contributed by atoms with Crippen molar-refractivity contribution in [2.45, 2.75) is 19.8 Å². The molecule has 0 spiro atoms. The SMILES string of the molecule is C#CCCc1cc(C)cnc1N. The molecule has 2 heteroatoms. The summed E-state index contributed by atoms with van der Waals surface area (Å²) < 4.78 is 0. The van der Waals surface area contributed by atoms with Crippen molar-refractivity contribution >= 4 is 5.82 Å². The highest BCUT2D eigenvalue weighted by Crippen LogP contribution is 2.11. The zero-order chi connectivity index (χ0) is 8.97. The third-order valence-electron chi connectivity index (χ3n) is 1.68. The molecule has 0 aliphatic rings. The van der Waals surface area contributed by atoms with Gasteiger partial charge in [-0.05, 0) is 24.5 Å². The van der Waals surface area contributed by atoms with E-state index in [0.717, 1.165) is 24.0 Å². The molecule has 1 heterocycles. The smallest absolute Gasteiger partial charge is 0.126 e. The van der Waals surface area contributed by atoms with Crippen LogP contribution in [0, 0.1) is 19.3 Å². The second-order valence-electron chi connectivity index (χ2n) is 2.76. The van der Waals surface area contributed by atoms with E-state index in [0.29, 0.717) is 5.82 Å². The molecule has 0 saturated carbocycles. The first kappa shape index (κ1) is 8.61. The van der Waals surface area contributed by atoms with Crippen molar-refractivity contribution in [1.82, 2.24) is 4.98 Å². The maximum absolute atomic E-state index is 5.65. The largest absolute Gasteiger partial charge is 0.383 e. The first-order valence-electron chi connectivity index (χ1n) is 3.88. The van der Waals surface area contributed by atoms with Crippen molar-refractivity contribution < 1.29 is 0 Å². The number of hydrogen-bond acceptors (Lipinski definition) is 2. The molecule has 0 bridgehead atoms. The predicted molar refractivity (Wildman–Crippen MR) is 50.5 cm³/mol. The molecule has 0 saturated heterocycles. The molecule has 2 nitrogen and oxygen atoms in total. The average Bonchev–Trinajstić information content (AvgIpc) is 2.07. The van der Waals surface area contributed by atoms with Crippen molar-refractivity contribution in [3.05, 3.63) is 23.4 Å². The van der Waals surface area contributed by atoms with Crippen LogP contribution < -0.4 is 5.73 Å². The van der Waals surface area contributed by atoms with Gasteiger partial charge in [-0.3, -0.25) is 0 Å². The Morgan fingerprint density at radius 1 is 1.67 bits per heavy atom. The maximum atomic E-state index is 5.65. The van der Waals surface area contributed by atoms with E-state index >= 15 is 0 Å². The van der Waals surface area contributed by atoms with Crippen LogP contribution in [-0.2, 0) is 6.42 Å². The fraction of sp³-hybridized carbons (Fsp3) is 0.300. The van der Waals surface area contributed by atoms with Gasteiger partial charge in [-0.25, -0.2) is 4.98 Å². The zero-order valence-corrected chi connectivity index (χ0v) is 7.17. The number of nitrogens with zero attached hydrogens (tertiary/aromatic N) is 1. The van der Waals surface area contributed by atoms with Gasteiger partial charge in [-0.15, -0.1) is 12.3 Å². The Hall–Kier alpha value is -1.49. The van der Waals surface area contributed by atoms with E-state index in [1.165, 1.54) is 0 Å². The zero-order valence-electron chi connectivity index (χ0n) is 7.17. The van der Waals surface area contributed by atoms with Crippen LogP contribution >= 0.6 is 0 Å². The summed E-state index contributed by atoms with van der Waals surface area (Å²) in [6.07, 6.45) is 8.45. The first-order valence-corrected chi connectivity index (χ1v) is 3.88. The highest BCUT2D eigenvalue weighted by molar-refractivity contribution is 5.40. The summed E-state index contributed by atoms with van der Waals surface area (Å²) in [5, 5.41) is 0. The Kier molecular flexibility index (Phi) is 2.71. The molecular formula is C10H12N2. The standard InChI is InChI=1S/C10H12N2/c1-3-4-5-9-6-8(2)7-12-10(9)11/h1,6-7H,4-5H2,2H3,(H2,11,12). The van der Waals surface area contributed by atoms with Crippen molar-refractivity contribution in [2.75, 3.05) is 5.73 Å². The average molecular weight is 160 g/mol. The molecule has 0 aliphatic heterocycles. The molecule has 0 fully saturated rings. The third kappa shape index (κ3) is 2.00. The fourth-order valence-corrected chi connectivity index (χ4v) is 1.05. The minimum absolute atomic E-state index is 0.593. The summed E-state index contributed by atoms with van der Waals surface area (Å²) in [5.74, 6) is 3.17. The van der Waals surface area contributed by atoms with Gasteiger partial charge in [0.25, 0.3) is 0 Å². The van der Waals surface area contributed by atoms with Crippen molar-refractivity contribution in [1.29, 1.82) is 0 Å². The normalized spacial score (nSPS) is 9.33. The summed E-state index contributed by atoms with van der Waals surface area (Å²) in [6, 6.07) is 2.03. The minimum atomic E-state index is 0.593. The molecule has 0 aromatic carbocycles. The Morgan fingerprint density at radius 3 is 3.08 bits per heavy atom. The van der Waals surface area contributed by atoms with Crippen molar-refractivity contribution in [2.24, 2.45) is 0 Å². The maximum Gasteiger partial charge on any atom is 0.126 e. The molecular weight excluding hydrogens is 148 g/mol. The molecule has 0 aliphatic carbocycles. The lowest BCUT2D eigenvalue weighted by Gasteiger charge is -2.02. The van der Waals surface area contributed by atoms with E-state index in [9.17, 15) is 0 Å². The third-order valence-corrected chi connectivity index (χ3v) is 1.68. The lowest BCUT2D eigenvalue weighted by atomic mass is 10.1. The van der Waals surface area contributed by atoms with Crippen LogP contribution in [0.1, 0.15) is 17.5 Å². The molecule has 1 aromatic rings. The monoisotopic (exact) mass is 160 g/mol. The number of hydrogen-bond donors (Lipinski definition) is 1. The topological polar surface area (TPSA) is 38.9 Å². The number of aromatic nitrogens is 1. The number of pyridine rings is 1. The van der Waals surface area contributed by atoms with E-state index in [4.69, 9.17) is 12.2 Å². The van der Waals surface area contributed by atoms with Crippen LogP contribution in [0.4, 0.5) is 5.82 Å². The Morgan fingerprint density at radius 2 is 2.42 bits per heavy atom. The van der Waals surface area contributed by atoms with Crippen LogP contribution in [0.15, 0.2) is 12.3 Å². The number of anilines is 1. The quantitative estimate of drug-likeness (QED) is 0.666. The molecule has 0 atom stereocenters. The molecule has 12 heavy (non-hydrogen) atoms. The highest BCUT2D eigenvalue weighted by Gasteiger charge is 1.98. The van der Waals surface area contributed by atoms with E-state index in [1.54, 1.807) is 6.20 Å². The van der Waals surface area contributed by atoms with Gasteiger partial charge in [-0.2, -0.15) is 0 Å². The number of terminal acetylenes is 1. The van der Waals surface area contributed by atoms with Crippen LogP contribution in [-0.4, -0.2) is 4.98 Å². The van der Waals surface area contributed by atoms with Crippen LogP contribution in [0.25, 0.3) is 0 Å². The Balaban J connectivity index is 2.84. The molecule has 2 N–H and O–H groups in total. The lowest BCUT2D eigenvalue weighted by Crippen LogP contribution is -1.97. The number of aryl methyl sites for hydroxylation is 2. The Labute approximate surface area is 72.8 Å². The van der Waals surface area contributed by atoms with Crippen molar-refractivity contribution in [3.8, 4) is 12.3 Å². The van der Waals surface area contributed by atoms with E-state index in [1.807, 2.05) is 13.0 Å². The summed E-state index contributed by atoms with van der Waals surface area (Å²) in [5.41, 5.74) is 7.82. The molecule has 62 valence electrons. The Bertz CT molecular complexity index is 310.